The fraction of sp³-hybridized carbons (Fsp3) is 0.167. The number of rotatable bonds is 1. The minimum absolute atomic E-state index is 0.431. The molecule has 1 heterocycles. The maximum atomic E-state index is 5.39. The molecule has 0 amide bonds. The van der Waals surface area contributed by atoms with Crippen molar-refractivity contribution in [1.29, 1.82) is 0 Å². The smallest absolute Gasteiger partial charge is 0.147 e. The molecule has 0 saturated heterocycles. The van der Waals surface area contributed by atoms with Crippen molar-refractivity contribution in [1.82, 2.24) is 4.98 Å². The van der Waals surface area contributed by atoms with Gasteiger partial charge in [0.25, 0.3) is 0 Å². The van der Waals surface area contributed by atoms with Crippen LogP contribution in [0.25, 0.3) is 0 Å². The Morgan fingerprint density at radius 3 is 2.89 bits per heavy atom. The summed E-state index contributed by atoms with van der Waals surface area (Å²) in [4.78, 5) is 3.80. The van der Waals surface area contributed by atoms with Crippen molar-refractivity contribution in [2.75, 3.05) is 7.11 Å². The largest absolute Gasteiger partial charge is 0.496 e. The van der Waals surface area contributed by atoms with Gasteiger partial charge in [0.05, 0.1) is 7.11 Å². The molecular formula is C6H6BNO. The van der Waals surface area contributed by atoms with E-state index in [2.05, 4.69) is 4.98 Å². The Hall–Kier alpha value is -0.985. The van der Waals surface area contributed by atoms with Crippen LogP contribution in [0.5, 0.6) is 5.75 Å². The first kappa shape index (κ1) is 6.14. The Kier molecular flexibility index (Phi) is 1.73. The summed E-state index contributed by atoms with van der Waals surface area (Å²) >= 11 is 0. The first-order valence-corrected chi connectivity index (χ1v) is 2.59. The van der Waals surface area contributed by atoms with Gasteiger partial charge in [-0.3, -0.25) is 4.98 Å². The lowest BCUT2D eigenvalue weighted by Crippen LogP contribution is -2.10. The average Bonchev–Trinajstić information content (AvgIpc) is 1.89. The Labute approximate surface area is 55.3 Å². The van der Waals surface area contributed by atoms with Gasteiger partial charge in [0.1, 0.15) is 13.6 Å². The molecule has 0 aliphatic carbocycles. The Balaban J connectivity index is 3.01. The topological polar surface area (TPSA) is 22.1 Å². The van der Waals surface area contributed by atoms with Gasteiger partial charge in [0.15, 0.2) is 0 Å². The minimum atomic E-state index is 0.431. The molecule has 0 saturated carbocycles. The SMILES string of the molecule is [B]c1ncccc1OC. The van der Waals surface area contributed by atoms with Crippen LogP contribution in [0, 0.1) is 0 Å². The third-order valence-electron chi connectivity index (χ3n) is 1.02. The number of hydrogen-bond acceptors (Lipinski definition) is 2. The summed E-state index contributed by atoms with van der Waals surface area (Å²) in [5.41, 5.74) is 0.431. The van der Waals surface area contributed by atoms with Crippen LogP contribution >= 0.6 is 0 Å². The van der Waals surface area contributed by atoms with E-state index in [0.717, 1.165) is 0 Å². The molecule has 2 radical (unpaired) electrons. The number of methoxy groups -OCH3 is 1. The fourth-order valence-corrected chi connectivity index (χ4v) is 0.575. The molecule has 1 aromatic heterocycles. The molecule has 3 heteroatoms. The van der Waals surface area contributed by atoms with Crippen LogP contribution in [0.3, 0.4) is 0 Å². The van der Waals surface area contributed by atoms with E-state index < -0.39 is 0 Å². The maximum absolute atomic E-state index is 5.39. The van der Waals surface area contributed by atoms with Crippen molar-refractivity contribution in [2.45, 2.75) is 0 Å². The molecule has 0 aliphatic rings. The highest BCUT2D eigenvalue weighted by Crippen LogP contribution is 1.99. The van der Waals surface area contributed by atoms with Crippen LogP contribution in [0.1, 0.15) is 0 Å². The number of nitrogens with zero attached hydrogens (tertiary/aromatic N) is 1. The van der Waals surface area contributed by atoms with Gasteiger partial charge in [0, 0.05) is 11.8 Å². The highest BCUT2D eigenvalue weighted by molar-refractivity contribution is 6.32. The van der Waals surface area contributed by atoms with Crippen molar-refractivity contribution in [2.24, 2.45) is 0 Å². The van der Waals surface area contributed by atoms with E-state index in [-0.39, 0.29) is 0 Å². The van der Waals surface area contributed by atoms with Gasteiger partial charge in [-0.2, -0.15) is 0 Å². The van der Waals surface area contributed by atoms with Crippen LogP contribution in [0.4, 0.5) is 0 Å². The molecule has 1 aromatic rings. The van der Waals surface area contributed by atoms with E-state index in [1.165, 1.54) is 0 Å². The van der Waals surface area contributed by atoms with E-state index in [9.17, 15) is 0 Å². The minimum Gasteiger partial charge on any atom is -0.496 e. The molecule has 0 fully saturated rings. The van der Waals surface area contributed by atoms with E-state index in [1.54, 1.807) is 25.4 Å². The zero-order valence-electron chi connectivity index (χ0n) is 5.16. The quantitative estimate of drug-likeness (QED) is 0.481. The predicted molar refractivity (Wildman–Crippen MR) is 36.2 cm³/mol. The molecule has 0 atom stereocenters. The van der Waals surface area contributed by atoms with E-state index >= 15 is 0 Å². The fourth-order valence-electron chi connectivity index (χ4n) is 0.575. The van der Waals surface area contributed by atoms with Crippen LogP contribution in [-0.4, -0.2) is 19.9 Å². The maximum Gasteiger partial charge on any atom is 0.147 e. The first-order valence-electron chi connectivity index (χ1n) is 2.59. The third-order valence-corrected chi connectivity index (χ3v) is 1.02. The molecule has 0 spiro atoms. The van der Waals surface area contributed by atoms with Crippen molar-refractivity contribution in [3.8, 4) is 5.75 Å². The van der Waals surface area contributed by atoms with Crippen molar-refractivity contribution < 1.29 is 4.74 Å². The van der Waals surface area contributed by atoms with E-state index in [0.29, 0.717) is 11.3 Å². The standard InChI is InChI=1S/C6H6BNO/c1-9-5-3-2-4-8-6(5)7/h2-4H,1H3. The number of pyridine rings is 1. The summed E-state index contributed by atoms with van der Waals surface area (Å²) in [6.07, 6.45) is 1.62. The van der Waals surface area contributed by atoms with E-state index in [1.807, 2.05) is 0 Å². The molecule has 0 aliphatic heterocycles. The average molecular weight is 119 g/mol. The van der Waals surface area contributed by atoms with Crippen molar-refractivity contribution in [3.05, 3.63) is 18.3 Å². The van der Waals surface area contributed by atoms with Crippen molar-refractivity contribution in [3.63, 3.8) is 0 Å². The summed E-state index contributed by atoms with van der Waals surface area (Å²) in [6, 6.07) is 3.54. The highest BCUT2D eigenvalue weighted by atomic mass is 16.5. The van der Waals surface area contributed by atoms with Crippen LogP contribution in [0.15, 0.2) is 18.3 Å². The first-order chi connectivity index (χ1) is 4.34. The molecule has 9 heavy (non-hydrogen) atoms. The van der Waals surface area contributed by atoms with Gasteiger partial charge in [0.2, 0.25) is 0 Å². The molecule has 2 nitrogen and oxygen atoms in total. The molecular weight excluding hydrogens is 113 g/mol. The lowest BCUT2D eigenvalue weighted by molar-refractivity contribution is 0.417. The number of aromatic nitrogens is 1. The van der Waals surface area contributed by atoms with Gasteiger partial charge >= 0.3 is 0 Å². The summed E-state index contributed by atoms with van der Waals surface area (Å²) in [7, 11) is 6.96. The van der Waals surface area contributed by atoms with E-state index in [4.69, 9.17) is 12.6 Å². The normalized spacial score (nSPS) is 9.00. The number of hydrogen-bond donors (Lipinski definition) is 0. The second-order valence-electron chi connectivity index (χ2n) is 1.59. The Morgan fingerprint density at radius 1 is 1.67 bits per heavy atom. The Bertz CT molecular complexity index is 202. The predicted octanol–water partition coefficient (Wildman–Crippen LogP) is -0.116. The lowest BCUT2D eigenvalue weighted by Gasteiger charge is -2.00. The summed E-state index contributed by atoms with van der Waals surface area (Å²) in [5.74, 6) is 0.623. The van der Waals surface area contributed by atoms with Gasteiger partial charge in [-0.1, -0.05) is 0 Å². The van der Waals surface area contributed by atoms with Gasteiger partial charge in [-0.05, 0) is 12.1 Å². The number of ether oxygens (including phenoxy) is 1. The summed E-state index contributed by atoms with van der Waals surface area (Å²) < 4.78 is 4.86. The van der Waals surface area contributed by atoms with Gasteiger partial charge in [-0.15, -0.1) is 0 Å². The van der Waals surface area contributed by atoms with Crippen LogP contribution in [0.2, 0.25) is 0 Å². The molecule has 0 bridgehead atoms. The van der Waals surface area contributed by atoms with Crippen LogP contribution in [-0.2, 0) is 0 Å². The molecule has 44 valence electrons. The second-order valence-corrected chi connectivity index (χ2v) is 1.59. The molecule has 0 N–H and O–H groups in total. The summed E-state index contributed by atoms with van der Waals surface area (Å²) in [6.45, 7) is 0. The van der Waals surface area contributed by atoms with Crippen molar-refractivity contribution >= 4 is 13.4 Å². The van der Waals surface area contributed by atoms with Crippen LogP contribution < -0.4 is 10.3 Å². The summed E-state index contributed by atoms with van der Waals surface area (Å²) in [5, 5.41) is 0. The van der Waals surface area contributed by atoms with Gasteiger partial charge in [-0.25, -0.2) is 0 Å². The zero-order valence-corrected chi connectivity index (χ0v) is 5.16. The van der Waals surface area contributed by atoms with Gasteiger partial charge < -0.3 is 4.74 Å². The Morgan fingerprint density at radius 2 is 2.44 bits per heavy atom. The highest BCUT2D eigenvalue weighted by Gasteiger charge is 1.92. The molecule has 0 unspecified atom stereocenters. The molecule has 1 rings (SSSR count). The third kappa shape index (κ3) is 1.22. The monoisotopic (exact) mass is 119 g/mol. The second kappa shape index (κ2) is 2.53. The lowest BCUT2D eigenvalue weighted by atomic mass is 10.0. The molecule has 0 aromatic carbocycles. The zero-order chi connectivity index (χ0) is 6.69.